The summed E-state index contributed by atoms with van der Waals surface area (Å²) < 4.78 is 1.73. The van der Waals surface area contributed by atoms with Crippen LogP contribution in [0.3, 0.4) is 0 Å². The molecule has 6 heteroatoms. The Labute approximate surface area is 127 Å². The monoisotopic (exact) mass is 300 g/mol. The first-order valence-corrected chi connectivity index (χ1v) is 7.10. The summed E-state index contributed by atoms with van der Waals surface area (Å²) in [4.78, 5) is 14.6. The van der Waals surface area contributed by atoms with Crippen LogP contribution in [0.5, 0.6) is 0 Å². The molecule has 2 atom stereocenters. The number of hydrogen-bond acceptors (Lipinski definition) is 3. The number of amides is 1. The van der Waals surface area contributed by atoms with Crippen molar-refractivity contribution in [3.05, 3.63) is 18.0 Å². The number of nitrogens with zero attached hydrogens (tertiary/aromatic N) is 3. The molecule has 0 radical (unpaired) electrons. The van der Waals surface area contributed by atoms with Crippen LogP contribution in [0.4, 0.5) is 0 Å². The van der Waals surface area contributed by atoms with Gasteiger partial charge in [-0.05, 0) is 25.8 Å². The number of hydrogen-bond donors (Lipinski definition) is 1. The molecule has 2 unspecified atom stereocenters. The van der Waals surface area contributed by atoms with Gasteiger partial charge in [0.15, 0.2) is 0 Å². The lowest BCUT2D eigenvalue weighted by Gasteiger charge is -2.34. The van der Waals surface area contributed by atoms with Crippen LogP contribution in [-0.4, -0.2) is 40.7 Å². The Morgan fingerprint density at radius 3 is 2.90 bits per heavy atom. The lowest BCUT2D eigenvalue weighted by Crippen LogP contribution is -2.45. The molecular formula is C14H25ClN4O. The molecule has 20 heavy (non-hydrogen) atoms. The first-order valence-electron chi connectivity index (χ1n) is 7.10. The SMILES string of the molecule is CCC1CCCN(C(=O)C(NC)c2cnn(C)c2)C1.Cl. The Kier molecular flexibility index (Phi) is 6.49. The highest BCUT2D eigenvalue weighted by atomic mass is 35.5. The number of carbonyl (C=O) groups excluding carboxylic acids is 1. The molecule has 0 aliphatic carbocycles. The summed E-state index contributed by atoms with van der Waals surface area (Å²) in [5.41, 5.74) is 0.939. The van der Waals surface area contributed by atoms with Crippen LogP contribution in [0.15, 0.2) is 12.4 Å². The molecule has 0 aromatic carbocycles. The van der Waals surface area contributed by atoms with E-state index in [9.17, 15) is 4.79 Å². The van der Waals surface area contributed by atoms with Gasteiger partial charge in [-0.2, -0.15) is 5.10 Å². The van der Waals surface area contributed by atoms with E-state index in [4.69, 9.17) is 0 Å². The molecule has 1 aromatic rings. The van der Waals surface area contributed by atoms with E-state index < -0.39 is 0 Å². The van der Waals surface area contributed by atoms with E-state index in [0.29, 0.717) is 5.92 Å². The van der Waals surface area contributed by atoms with Gasteiger partial charge in [-0.15, -0.1) is 12.4 Å². The van der Waals surface area contributed by atoms with Crippen molar-refractivity contribution in [1.29, 1.82) is 0 Å². The highest BCUT2D eigenvalue weighted by Crippen LogP contribution is 2.23. The third-order valence-corrected chi connectivity index (χ3v) is 4.00. The highest BCUT2D eigenvalue weighted by Gasteiger charge is 2.29. The van der Waals surface area contributed by atoms with E-state index in [2.05, 4.69) is 17.3 Å². The number of rotatable bonds is 4. The molecule has 1 N–H and O–H groups in total. The lowest BCUT2D eigenvalue weighted by molar-refractivity contribution is -0.135. The van der Waals surface area contributed by atoms with Crippen molar-refractivity contribution in [1.82, 2.24) is 20.0 Å². The minimum atomic E-state index is -0.274. The Bertz CT molecular complexity index is 435. The Morgan fingerprint density at radius 2 is 2.35 bits per heavy atom. The molecule has 1 aromatic heterocycles. The van der Waals surface area contributed by atoms with Crippen LogP contribution in [0.1, 0.15) is 37.8 Å². The molecule has 0 spiro atoms. The van der Waals surface area contributed by atoms with E-state index in [0.717, 1.165) is 31.5 Å². The zero-order valence-corrected chi connectivity index (χ0v) is 13.3. The Morgan fingerprint density at radius 1 is 1.60 bits per heavy atom. The topological polar surface area (TPSA) is 50.2 Å². The van der Waals surface area contributed by atoms with Crippen molar-refractivity contribution in [2.24, 2.45) is 13.0 Å². The predicted octanol–water partition coefficient (Wildman–Crippen LogP) is 1.75. The van der Waals surface area contributed by atoms with Crippen LogP contribution in [0.2, 0.25) is 0 Å². The van der Waals surface area contributed by atoms with Crippen LogP contribution in [-0.2, 0) is 11.8 Å². The molecule has 114 valence electrons. The van der Waals surface area contributed by atoms with E-state index in [-0.39, 0.29) is 24.4 Å². The molecule has 1 fully saturated rings. The minimum Gasteiger partial charge on any atom is -0.341 e. The van der Waals surface area contributed by atoms with E-state index >= 15 is 0 Å². The van der Waals surface area contributed by atoms with Gasteiger partial charge >= 0.3 is 0 Å². The number of likely N-dealkylation sites (tertiary alicyclic amines) is 1. The standard InChI is InChI=1S/C14H24N4O.ClH/c1-4-11-6-5-7-18(9-11)14(19)13(15-2)12-8-16-17(3)10-12;/h8,10-11,13,15H,4-7,9H2,1-3H3;1H. The van der Waals surface area contributed by atoms with Gasteiger partial charge in [-0.1, -0.05) is 13.3 Å². The third-order valence-electron chi connectivity index (χ3n) is 4.00. The van der Waals surface area contributed by atoms with Gasteiger partial charge in [0, 0.05) is 31.9 Å². The van der Waals surface area contributed by atoms with Gasteiger partial charge in [0.05, 0.1) is 6.20 Å². The second-order valence-corrected chi connectivity index (χ2v) is 5.37. The molecule has 1 saturated heterocycles. The maximum absolute atomic E-state index is 12.6. The number of aryl methyl sites for hydroxylation is 1. The molecule has 1 amide bonds. The van der Waals surface area contributed by atoms with E-state index in [1.54, 1.807) is 10.9 Å². The molecule has 2 heterocycles. The summed E-state index contributed by atoms with van der Waals surface area (Å²) in [6, 6.07) is -0.274. The van der Waals surface area contributed by atoms with Crippen molar-refractivity contribution >= 4 is 18.3 Å². The molecule has 0 saturated carbocycles. The number of halogens is 1. The van der Waals surface area contributed by atoms with E-state index in [1.807, 2.05) is 25.2 Å². The summed E-state index contributed by atoms with van der Waals surface area (Å²) in [6.07, 6.45) is 7.19. The van der Waals surface area contributed by atoms with Crippen molar-refractivity contribution in [3.63, 3.8) is 0 Å². The quantitative estimate of drug-likeness (QED) is 0.922. The van der Waals surface area contributed by atoms with Gasteiger partial charge in [-0.25, -0.2) is 0 Å². The lowest BCUT2D eigenvalue weighted by atomic mass is 9.95. The Balaban J connectivity index is 0.00000200. The molecule has 5 nitrogen and oxygen atoms in total. The maximum atomic E-state index is 12.6. The fraction of sp³-hybridized carbons (Fsp3) is 0.714. The van der Waals surface area contributed by atoms with Gasteiger partial charge in [0.2, 0.25) is 5.91 Å². The molecule has 2 rings (SSSR count). The van der Waals surface area contributed by atoms with Crippen molar-refractivity contribution in [2.45, 2.75) is 32.2 Å². The van der Waals surface area contributed by atoms with E-state index in [1.165, 1.54) is 6.42 Å². The average molecular weight is 301 g/mol. The summed E-state index contributed by atoms with van der Waals surface area (Å²) in [6.45, 7) is 3.98. The number of piperidine rings is 1. The van der Waals surface area contributed by atoms with Crippen LogP contribution >= 0.6 is 12.4 Å². The number of aromatic nitrogens is 2. The molecule has 0 bridgehead atoms. The third kappa shape index (κ3) is 3.73. The summed E-state index contributed by atoms with van der Waals surface area (Å²) >= 11 is 0. The fourth-order valence-corrected chi connectivity index (χ4v) is 2.80. The van der Waals surface area contributed by atoms with Gasteiger partial charge in [-0.3, -0.25) is 9.48 Å². The highest BCUT2D eigenvalue weighted by molar-refractivity contribution is 5.85. The number of nitrogens with one attached hydrogen (secondary N) is 1. The molecular weight excluding hydrogens is 276 g/mol. The average Bonchev–Trinajstić information content (AvgIpc) is 2.86. The van der Waals surface area contributed by atoms with Crippen molar-refractivity contribution < 1.29 is 4.79 Å². The maximum Gasteiger partial charge on any atom is 0.244 e. The van der Waals surface area contributed by atoms with Gasteiger partial charge in [0.25, 0.3) is 0 Å². The second-order valence-electron chi connectivity index (χ2n) is 5.37. The predicted molar refractivity (Wildman–Crippen MR) is 81.9 cm³/mol. The fourth-order valence-electron chi connectivity index (χ4n) is 2.80. The zero-order chi connectivity index (χ0) is 13.8. The largest absolute Gasteiger partial charge is 0.341 e. The molecule has 1 aliphatic rings. The van der Waals surface area contributed by atoms with Crippen LogP contribution < -0.4 is 5.32 Å². The van der Waals surface area contributed by atoms with Crippen LogP contribution in [0, 0.1) is 5.92 Å². The first-order chi connectivity index (χ1) is 9.15. The van der Waals surface area contributed by atoms with Crippen molar-refractivity contribution in [3.8, 4) is 0 Å². The smallest absolute Gasteiger partial charge is 0.244 e. The zero-order valence-electron chi connectivity index (χ0n) is 12.5. The normalized spacial score (nSPS) is 20.4. The van der Waals surface area contributed by atoms with Gasteiger partial charge < -0.3 is 10.2 Å². The Hall–Kier alpha value is -1.07. The van der Waals surface area contributed by atoms with Crippen molar-refractivity contribution in [2.75, 3.05) is 20.1 Å². The number of carbonyl (C=O) groups is 1. The first kappa shape index (κ1) is 17.0. The summed E-state index contributed by atoms with van der Waals surface area (Å²) in [5.74, 6) is 0.831. The minimum absolute atomic E-state index is 0. The van der Waals surface area contributed by atoms with Gasteiger partial charge in [0.1, 0.15) is 6.04 Å². The summed E-state index contributed by atoms with van der Waals surface area (Å²) in [5, 5.41) is 7.27. The molecule has 1 aliphatic heterocycles. The summed E-state index contributed by atoms with van der Waals surface area (Å²) in [7, 11) is 3.70. The number of likely N-dealkylation sites (N-methyl/N-ethyl adjacent to an activating group) is 1. The second kappa shape index (κ2) is 7.64. The van der Waals surface area contributed by atoms with Crippen LogP contribution in [0.25, 0.3) is 0 Å².